The molecule has 0 unspecified atom stereocenters. The van der Waals surface area contributed by atoms with Crippen LogP contribution < -0.4 is 10.6 Å². The van der Waals surface area contributed by atoms with Crippen molar-refractivity contribution in [2.75, 3.05) is 26.4 Å². The SMILES string of the molecule is CC1(C)O[C@H]2CC(=O)OC[C@@]23[C@@H]1C(=O)[C@@H](O)[C@]1(C)[C@@H]3CC[C@@]2(C)[C@H](c3ccoc3C[C@H](CCCC[C@@H]3CNCN3)[C@H](O)CO)OC(=O)[C@H]3O[C@@]312. The summed E-state index contributed by atoms with van der Waals surface area (Å²) in [6, 6.07) is 2.23. The van der Waals surface area contributed by atoms with Crippen LogP contribution in [0, 0.1) is 34.0 Å². The van der Waals surface area contributed by atoms with Gasteiger partial charge in [-0.1, -0.05) is 26.7 Å². The smallest absolute Gasteiger partial charge is 0.339 e. The Labute approximate surface area is 292 Å². The van der Waals surface area contributed by atoms with Crippen molar-refractivity contribution in [3.63, 3.8) is 0 Å². The number of aliphatic hydroxyl groups is 3. The first kappa shape index (κ1) is 34.7. The predicted molar refractivity (Wildman–Crippen MR) is 174 cm³/mol. The molecule has 0 radical (unpaired) electrons. The Bertz CT molecular complexity index is 1540. The average molecular weight is 701 g/mol. The minimum absolute atomic E-state index is 0.00313. The number of esters is 2. The van der Waals surface area contributed by atoms with Gasteiger partial charge in [-0.25, -0.2) is 4.79 Å². The van der Waals surface area contributed by atoms with Gasteiger partial charge in [0.1, 0.15) is 30.2 Å². The molecular formula is C37H52N2O11. The molecule has 7 fully saturated rings. The molecule has 1 aromatic rings. The largest absolute Gasteiger partial charge is 0.469 e. The van der Waals surface area contributed by atoms with Gasteiger partial charge in [0.05, 0.1) is 43.0 Å². The molecule has 2 saturated carbocycles. The van der Waals surface area contributed by atoms with Crippen LogP contribution in [-0.2, 0) is 39.8 Å². The van der Waals surface area contributed by atoms with E-state index >= 15 is 0 Å². The molecule has 13 atom stereocenters. The molecule has 0 bridgehead atoms. The Hall–Kier alpha value is -2.39. The van der Waals surface area contributed by atoms with E-state index in [1.807, 2.05) is 27.7 Å². The molecule has 2 aliphatic carbocycles. The number of ketones is 1. The van der Waals surface area contributed by atoms with Crippen molar-refractivity contribution in [2.24, 2.45) is 34.0 Å². The van der Waals surface area contributed by atoms with Gasteiger partial charge in [-0.2, -0.15) is 0 Å². The lowest BCUT2D eigenvalue weighted by Gasteiger charge is -2.66. The summed E-state index contributed by atoms with van der Waals surface area (Å²) in [7, 11) is 0. The highest BCUT2D eigenvalue weighted by Crippen LogP contribution is 2.80. The zero-order valence-electron chi connectivity index (χ0n) is 29.4. The van der Waals surface area contributed by atoms with Gasteiger partial charge in [0.15, 0.2) is 11.9 Å². The molecule has 13 heteroatoms. The van der Waals surface area contributed by atoms with Gasteiger partial charge in [0, 0.05) is 47.5 Å². The maximum Gasteiger partial charge on any atom is 0.339 e. The Morgan fingerprint density at radius 2 is 1.88 bits per heavy atom. The molecule has 5 saturated heterocycles. The third kappa shape index (κ3) is 4.53. The average Bonchev–Trinajstić information content (AvgIpc) is 3.31. The first-order valence-corrected chi connectivity index (χ1v) is 18.5. The standard InChI is InChI=1S/C37H52N2O11/c1-33(2)28-27(43)29(44)35(4)24(36(28)17-47-26(42)14-25(36)49-33)9-11-34(3)30(48-32(45)31-37(34,35)50-31)21-10-12-46-23(21)13-19(22(41)16-40)7-5-6-8-20-15-38-18-39-20/h10,12,19-20,22,24-25,28-31,38-41,44H,5-9,11,13-18H2,1-4H3/t19-,20+,22+,24-,25-,28+,29+,30-,31+,34-,35-,36-,37+/m0/s1. The molecule has 5 N–H and O–H groups in total. The van der Waals surface area contributed by atoms with Gasteiger partial charge in [-0.15, -0.1) is 0 Å². The van der Waals surface area contributed by atoms with E-state index in [1.165, 1.54) is 0 Å². The predicted octanol–water partition coefficient (Wildman–Crippen LogP) is 1.70. The molecule has 276 valence electrons. The van der Waals surface area contributed by atoms with Crippen molar-refractivity contribution in [1.29, 1.82) is 0 Å². The lowest BCUT2D eigenvalue weighted by atomic mass is 9.36. The Kier molecular flexibility index (Phi) is 8.19. The summed E-state index contributed by atoms with van der Waals surface area (Å²) in [5, 5.41) is 39.8. The maximum atomic E-state index is 14.5. The zero-order chi connectivity index (χ0) is 35.4. The van der Waals surface area contributed by atoms with Gasteiger partial charge in [-0.05, 0) is 57.4 Å². The fourth-order valence-corrected chi connectivity index (χ4v) is 12.2. The highest BCUT2D eigenvalue weighted by Gasteiger charge is 2.90. The molecule has 6 heterocycles. The van der Waals surface area contributed by atoms with Crippen molar-refractivity contribution in [1.82, 2.24) is 10.6 Å². The van der Waals surface area contributed by atoms with Crippen LogP contribution >= 0.6 is 0 Å². The minimum Gasteiger partial charge on any atom is -0.469 e. The fourth-order valence-electron chi connectivity index (χ4n) is 12.2. The lowest BCUT2D eigenvalue weighted by Crippen LogP contribution is -2.76. The summed E-state index contributed by atoms with van der Waals surface area (Å²) < 4.78 is 31.1. The van der Waals surface area contributed by atoms with Gasteiger partial charge >= 0.3 is 11.9 Å². The number of carbonyl (C=O) groups is 3. The molecule has 50 heavy (non-hydrogen) atoms. The van der Waals surface area contributed by atoms with E-state index in [2.05, 4.69) is 10.6 Å². The summed E-state index contributed by atoms with van der Waals surface area (Å²) in [4.78, 5) is 40.9. The van der Waals surface area contributed by atoms with Crippen molar-refractivity contribution < 1.29 is 53.1 Å². The molecule has 5 aliphatic heterocycles. The second kappa shape index (κ2) is 11.8. The second-order valence-corrected chi connectivity index (χ2v) is 17.1. The number of hydrogen-bond acceptors (Lipinski definition) is 13. The number of carbonyl (C=O) groups excluding carboxylic acids is 3. The number of cyclic esters (lactones) is 2. The van der Waals surface area contributed by atoms with Crippen LogP contribution in [-0.4, -0.2) is 101 Å². The fraction of sp³-hybridized carbons (Fsp3) is 0.811. The number of rotatable bonds is 10. The highest BCUT2D eigenvalue weighted by molar-refractivity contribution is 5.92. The maximum absolute atomic E-state index is 14.5. The van der Waals surface area contributed by atoms with Crippen molar-refractivity contribution in [3.8, 4) is 0 Å². The summed E-state index contributed by atoms with van der Waals surface area (Å²) in [6.45, 7) is 8.96. The van der Waals surface area contributed by atoms with E-state index < -0.39 is 69.9 Å². The van der Waals surface area contributed by atoms with Crippen LogP contribution in [0.3, 0.4) is 0 Å². The first-order chi connectivity index (χ1) is 23.8. The number of unbranched alkanes of at least 4 members (excludes halogenated alkanes) is 1. The molecular weight excluding hydrogens is 648 g/mol. The van der Waals surface area contributed by atoms with Crippen molar-refractivity contribution in [3.05, 3.63) is 23.7 Å². The van der Waals surface area contributed by atoms with Crippen LogP contribution in [0.25, 0.3) is 0 Å². The van der Waals surface area contributed by atoms with E-state index in [4.69, 9.17) is 23.4 Å². The van der Waals surface area contributed by atoms with Gasteiger partial charge in [0.2, 0.25) is 0 Å². The van der Waals surface area contributed by atoms with Crippen LogP contribution in [0.5, 0.6) is 0 Å². The lowest BCUT2D eigenvalue weighted by molar-refractivity contribution is -0.252. The molecule has 13 nitrogen and oxygen atoms in total. The number of aliphatic hydroxyl groups excluding tert-OH is 3. The van der Waals surface area contributed by atoms with Crippen molar-refractivity contribution in [2.45, 2.75) is 127 Å². The number of fused-ring (bicyclic) bond motifs is 1. The monoisotopic (exact) mass is 700 g/mol. The van der Waals surface area contributed by atoms with Crippen molar-refractivity contribution >= 4 is 17.7 Å². The number of epoxide rings is 1. The number of Topliss-reactive ketones (excluding diaryl/α,β-unsaturated/α-hetero) is 1. The van der Waals surface area contributed by atoms with E-state index in [-0.39, 0.29) is 43.2 Å². The first-order valence-electron chi connectivity index (χ1n) is 18.5. The van der Waals surface area contributed by atoms with E-state index in [0.717, 1.165) is 32.5 Å². The van der Waals surface area contributed by atoms with Gasteiger partial charge < -0.3 is 49.3 Å². The normalized spacial score (nSPS) is 45.3. The topological polar surface area (TPSA) is 189 Å². The summed E-state index contributed by atoms with van der Waals surface area (Å²) in [5.74, 6) is -2.09. The summed E-state index contributed by atoms with van der Waals surface area (Å²) >= 11 is 0. The number of hydrogen-bond donors (Lipinski definition) is 5. The molecule has 0 amide bonds. The highest BCUT2D eigenvalue weighted by atomic mass is 16.7. The number of nitrogens with one attached hydrogen (secondary N) is 2. The van der Waals surface area contributed by atoms with Gasteiger partial charge in [-0.3, -0.25) is 9.59 Å². The second-order valence-electron chi connectivity index (χ2n) is 17.1. The number of furan rings is 1. The molecule has 7 aliphatic rings. The molecule has 1 aromatic heterocycles. The minimum atomic E-state index is -1.46. The third-order valence-corrected chi connectivity index (χ3v) is 14.4. The molecule has 0 aromatic carbocycles. The Morgan fingerprint density at radius 3 is 2.62 bits per heavy atom. The van der Waals surface area contributed by atoms with Crippen LogP contribution in [0.1, 0.15) is 90.1 Å². The van der Waals surface area contributed by atoms with Crippen LogP contribution in [0.15, 0.2) is 16.7 Å². The quantitative estimate of drug-likeness (QED) is 0.135. The van der Waals surface area contributed by atoms with Crippen LogP contribution in [0.4, 0.5) is 0 Å². The van der Waals surface area contributed by atoms with E-state index in [1.54, 1.807) is 12.3 Å². The van der Waals surface area contributed by atoms with Crippen LogP contribution in [0.2, 0.25) is 0 Å². The number of ether oxygens (including phenoxy) is 4. The third-order valence-electron chi connectivity index (χ3n) is 14.4. The molecule has 8 rings (SSSR count). The Balaban J connectivity index is 1.12. The van der Waals surface area contributed by atoms with E-state index in [9.17, 15) is 29.7 Å². The Morgan fingerprint density at radius 1 is 1.08 bits per heavy atom. The summed E-state index contributed by atoms with van der Waals surface area (Å²) in [5.41, 5.74) is -4.51. The van der Waals surface area contributed by atoms with Gasteiger partial charge in [0.25, 0.3) is 0 Å². The summed E-state index contributed by atoms with van der Waals surface area (Å²) in [6.07, 6.45) is 1.77. The van der Waals surface area contributed by atoms with E-state index in [0.29, 0.717) is 43.0 Å². The molecule has 2 spiro atoms. The zero-order valence-corrected chi connectivity index (χ0v) is 29.4.